The predicted molar refractivity (Wildman–Crippen MR) is 163 cm³/mol. The van der Waals surface area contributed by atoms with Crippen molar-refractivity contribution in [2.24, 2.45) is 5.92 Å². The van der Waals surface area contributed by atoms with Gasteiger partial charge in [-0.05, 0) is 51.3 Å². The van der Waals surface area contributed by atoms with Gasteiger partial charge in [0.15, 0.2) is 11.0 Å². The molecule has 0 radical (unpaired) electrons. The molecule has 10 heteroatoms. The monoisotopic (exact) mass is 581 g/mol. The minimum atomic E-state index is -1.22. The van der Waals surface area contributed by atoms with Gasteiger partial charge in [-0.15, -0.1) is 0 Å². The lowest BCUT2D eigenvalue weighted by atomic mass is 9.83. The van der Waals surface area contributed by atoms with E-state index in [2.05, 4.69) is 51.3 Å². The third kappa shape index (κ3) is 6.12. The molecule has 0 spiro atoms. The van der Waals surface area contributed by atoms with Crippen molar-refractivity contribution in [3.63, 3.8) is 0 Å². The van der Waals surface area contributed by atoms with E-state index in [1.807, 2.05) is 36.4 Å². The zero-order chi connectivity index (χ0) is 29.1. The molecule has 1 amide bonds. The van der Waals surface area contributed by atoms with Crippen molar-refractivity contribution in [2.75, 3.05) is 31.2 Å². The molecule has 5 rings (SSSR count). The smallest absolute Gasteiger partial charge is 0.222 e. The van der Waals surface area contributed by atoms with Crippen LogP contribution in [0.25, 0.3) is 5.57 Å². The molecule has 41 heavy (non-hydrogen) atoms. The summed E-state index contributed by atoms with van der Waals surface area (Å²) in [6.07, 6.45) is 11.0. The van der Waals surface area contributed by atoms with E-state index in [0.29, 0.717) is 31.0 Å². The van der Waals surface area contributed by atoms with Crippen molar-refractivity contribution in [3.05, 3.63) is 65.4 Å². The number of benzene rings is 1. The Labute approximate surface area is 247 Å². The number of piperazine rings is 1. The van der Waals surface area contributed by atoms with Crippen LogP contribution in [0.15, 0.2) is 54.6 Å². The van der Waals surface area contributed by atoms with Crippen LogP contribution in [0, 0.1) is 5.92 Å². The van der Waals surface area contributed by atoms with Gasteiger partial charge in [-0.2, -0.15) is 0 Å². The summed E-state index contributed by atoms with van der Waals surface area (Å²) < 4.78 is 17.0. The van der Waals surface area contributed by atoms with Gasteiger partial charge in [-0.1, -0.05) is 67.3 Å². The average Bonchev–Trinajstić information content (AvgIpc) is 2.96. The molecule has 1 aromatic carbocycles. The Morgan fingerprint density at radius 2 is 1.80 bits per heavy atom. The number of nitrogens with one attached hydrogen (secondary N) is 2. The lowest BCUT2D eigenvalue weighted by molar-refractivity contribution is -0.127. The van der Waals surface area contributed by atoms with Gasteiger partial charge in [0.1, 0.15) is 29.5 Å². The van der Waals surface area contributed by atoms with E-state index in [9.17, 15) is 4.79 Å². The van der Waals surface area contributed by atoms with E-state index in [0.717, 1.165) is 31.2 Å². The maximum Gasteiger partial charge on any atom is 0.222 e. The minimum absolute atomic E-state index is 0.0790. The number of hydrogen-bond donors (Lipinski definition) is 3. The summed E-state index contributed by atoms with van der Waals surface area (Å²) >= 11 is 6.24. The standard InChI is InChI=1S/C31H41ClFN7O/c1-20-17-40(18-21(2)39(20)3)31(38-25(41)16-22-10-6-4-7-11-22)15-14-24(23-12-8-5-9-13-23)26(33)28(31)37-30-27(34)29(32)35-19-36-30/h5,8-9,12-15,19-22,28H,4,6-7,10-11,16-18,34H2,1-3H3,(H,38,41)(H,35,36,37)/t20-,21+,28?,31?. The number of amides is 1. The first-order valence-corrected chi connectivity index (χ1v) is 15.0. The summed E-state index contributed by atoms with van der Waals surface area (Å²) in [4.78, 5) is 26.6. The quantitative estimate of drug-likeness (QED) is 0.384. The van der Waals surface area contributed by atoms with Crippen LogP contribution in [0.1, 0.15) is 57.9 Å². The van der Waals surface area contributed by atoms with Crippen LogP contribution in [-0.2, 0) is 4.79 Å². The van der Waals surface area contributed by atoms with Gasteiger partial charge in [0.2, 0.25) is 5.91 Å². The molecule has 8 nitrogen and oxygen atoms in total. The molecular formula is C31H41ClFN7O. The van der Waals surface area contributed by atoms with Crippen molar-refractivity contribution in [2.45, 2.75) is 76.2 Å². The molecule has 3 aliphatic rings. The second-order valence-corrected chi connectivity index (χ2v) is 12.2. The minimum Gasteiger partial charge on any atom is -0.393 e. The SMILES string of the molecule is C[C@@H]1CN(C2(NC(=O)CC3CCCCC3)C=CC(c3ccccc3)=C(F)C2Nc2ncnc(Cl)c2N)C[C@H](C)N1C. The number of rotatable bonds is 7. The molecule has 1 saturated carbocycles. The van der Waals surface area contributed by atoms with Crippen molar-refractivity contribution in [3.8, 4) is 0 Å². The van der Waals surface area contributed by atoms with E-state index in [-0.39, 0.29) is 34.6 Å². The maximum absolute atomic E-state index is 17.0. The second kappa shape index (κ2) is 12.5. The molecule has 2 fully saturated rings. The fraction of sp³-hybridized carbons (Fsp3) is 0.516. The Hall–Kier alpha value is -3.01. The number of allylic oxidation sites excluding steroid dienone is 2. The highest BCUT2D eigenvalue weighted by Crippen LogP contribution is 2.40. The maximum atomic E-state index is 17.0. The second-order valence-electron chi connectivity index (χ2n) is 11.8. The first kappa shape index (κ1) is 29.5. The molecule has 2 heterocycles. The van der Waals surface area contributed by atoms with Crippen LogP contribution in [0.2, 0.25) is 5.15 Å². The molecular weight excluding hydrogens is 541 g/mol. The van der Waals surface area contributed by atoms with Gasteiger partial charge in [0, 0.05) is 37.2 Å². The number of nitrogens with zero attached hydrogens (tertiary/aromatic N) is 4. The summed E-state index contributed by atoms with van der Waals surface area (Å²) in [5.74, 6) is 0.0537. The van der Waals surface area contributed by atoms with Gasteiger partial charge in [0.05, 0.1) is 0 Å². The Morgan fingerprint density at radius 3 is 2.49 bits per heavy atom. The zero-order valence-corrected chi connectivity index (χ0v) is 24.9. The van der Waals surface area contributed by atoms with E-state index < -0.39 is 17.5 Å². The van der Waals surface area contributed by atoms with E-state index >= 15 is 4.39 Å². The highest BCUT2D eigenvalue weighted by Gasteiger charge is 2.51. The lowest BCUT2D eigenvalue weighted by Gasteiger charge is -2.54. The zero-order valence-electron chi connectivity index (χ0n) is 24.1. The van der Waals surface area contributed by atoms with Crippen LogP contribution in [0.4, 0.5) is 15.9 Å². The fourth-order valence-electron chi connectivity index (χ4n) is 6.50. The normalized spacial score (nSPS) is 28.1. The first-order chi connectivity index (χ1) is 19.7. The highest BCUT2D eigenvalue weighted by molar-refractivity contribution is 6.32. The number of anilines is 2. The molecule has 2 aromatic rings. The molecule has 4 N–H and O–H groups in total. The van der Waals surface area contributed by atoms with Gasteiger partial charge >= 0.3 is 0 Å². The summed E-state index contributed by atoms with van der Waals surface area (Å²) in [6, 6.07) is 8.74. The number of hydrogen-bond acceptors (Lipinski definition) is 7. The Morgan fingerprint density at radius 1 is 1.12 bits per heavy atom. The van der Waals surface area contributed by atoms with Crippen molar-refractivity contribution < 1.29 is 9.18 Å². The molecule has 1 aromatic heterocycles. The largest absolute Gasteiger partial charge is 0.393 e. The Bertz CT molecular complexity index is 1290. The Kier molecular flexibility index (Phi) is 8.97. The fourth-order valence-corrected chi connectivity index (χ4v) is 6.63. The van der Waals surface area contributed by atoms with Crippen molar-refractivity contribution >= 4 is 34.6 Å². The molecule has 0 bridgehead atoms. The predicted octanol–water partition coefficient (Wildman–Crippen LogP) is 5.25. The first-order valence-electron chi connectivity index (χ1n) is 14.6. The highest BCUT2D eigenvalue weighted by atomic mass is 35.5. The summed E-state index contributed by atoms with van der Waals surface area (Å²) in [6.45, 7) is 5.56. The van der Waals surface area contributed by atoms with Gasteiger partial charge in [-0.3, -0.25) is 14.6 Å². The summed E-state index contributed by atoms with van der Waals surface area (Å²) in [5, 5.41) is 6.68. The van der Waals surface area contributed by atoms with Crippen molar-refractivity contribution in [1.82, 2.24) is 25.1 Å². The molecule has 2 unspecified atom stereocenters. The number of aromatic nitrogens is 2. The van der Waals surface area contributed by atoms with Crippen LogP contribution in [-0.4, -0.2) is 69.6 Å². The molecule has 1 saturated heterocycles. The van der Waals surface area contributed by atoms with Crippen LogP contribution >= 0.6 is 11.6 Å². The third-order valence-corrected chi connectivity index (χ3v) is 9.38. The molecule has 220 valence electrons. The van der Waals surface area contributed by atoms with E-state index in [1.54, 1.807) is 6.08 Å². The summed E-state index contributed by atoms with van der Waals surface area (Å²) in [7, 11) is 2.10. The molecule has 2 aliphatic carbocycles. The number of halogens is 2. The topological polar surface area (TPSA) is 99.4 Å². The third-order valence-electron chi connectivity index (χ3n) is 9.08. The van der Waals surface area contributed by atoms with E-state index in [1.165, 1.54) is 12.7 Å². The lowest BCUT2D eigenvalue weighted by Crippen LogP contribution is -2.73. The van der Waals surface area contributed by atoms with Crippen LogP contribution < -0.4 is 16.4 Å². The van der Waals surface area contributed by atoms with E-state index in [4.69, 9.17) is 17.3 Å². The van der Waals surface area contributed by atoms with Gasteiger partial charge in [-0.25, -0.2) is 14.4 Å². The average molecular weight is 582 g/mol. The number of carbonyl (C=O) groups excluding carboxylic acids is 1. The number of nitrogens with two attached hydrogens (primary N) is 1. The van der Waals surface area contributed by atoms with Gasteiger partial charge in [0.25, 0.3) is 0 Å². The van der Waals surface area contributed by atoms with Crippen molar-refractivity contribution in [1.29, 1.82) is 0 Å². The van der Waals surface area contributed by atoms with Crippen LogP contribution in [0.5, 0.6) is 0 Å². The number of carbonyl (C=O) groups is 1. The number of likely N-dealkylation sites (N-methyl/N-ethyl adjacent to an activating group) is 1. The molecule has 1 aliphatic heterocycles. The Balaban J connectivity index is 1.60. The molecule has 4 atom stereocenters. The number of nitrogen functional groups attached to an aromatic ring is 1. The van der Waals surface area contributed by atoms with Gasteiger partial charge < -0.3 is 16.4 Å². The van der Waals surface area contributed by atoms with Crippen LogP contribution in [0.3, 0.4) is 0 Å². The summed E-state index contributed by atoms with van der Waals surface area (Å²) in [5.41, 5.74) is 6.35.